The maximum Gasteiger partial charge on any atom is 0.338 e. The summed E-state index contributed by atoms with van der Waals surface area (Å²) >= 11 is 0. The van der Waals surface area contributed by atoms with Gasteiger partial charge >= 0.3 is 5.97 Å². The molecular formula is C16H16O3. The molecule has 0 amide bonds. The van der Waals surface area contributed by atoms with E-state index in [1.165, 1.54) is 0 Å². The number of benzene rings is 2. The van der Waals surface area contributed by atoms with Gasteiger partial charge in [0, 0.05) is 0 Å². The molecule has 0 saturated heterocycles. The molecule has 0 aliphatic heterocycles. The summed E-state index contributed by atoms with van der Waals surface area (Å²) in [5, 5.41) is 0. The van der Waals surface area contributed by atoms with E-state index in [9.17, 15) is 4.79 Å². The highest BCUT2D eigenvalue weighted by Gasteiger charge is 2.08. The second-order valence-electron chi connectivity index (χ2n) is 4.39. The Kier molecular flexibility index (Phi) is 4.18. The molecule has 0 saturated carbocycles. The molecule has 2 rings (SSSR count). The zero-order valence-corrected chi connectivity index (χ0v) is 11.0. The molecule has 19 heavy (non-hydrogen) atoms. The van der Waals surface area contributed by atoms with E-state index in [4.69, 9.17) is 9.47 Å². The van der Waals surface area contributed by atoms with Gasteiger partial charge in [0.1, 0.15) is 11.5 Å². The van der Waals surface area contributed by atoms with E-state index in [1.54, 1.807) is 24.3 Å². The van der Waals surface area contributed by atoms with E-state index in [-0.39, 0.29) is 12.1 Å². The maximum atomic E-state index is 11.7. The first-order valence-electron chi connectivity index (χ1n) is 6.19. The van der Waals surface area contributed by atoms with Crippen LogP contribution in [0.15, 0.2) is 54.6 Å². The predicted octanol–water partition coefficient (Wildman–Crippen LogP) is 4.04. The van der Waals surface area contributed by atoms with Crippen LogP contribution in [0.25, 0.3) is 0 Å². The van der Waals surface area contributed by atoms with Crippen molar-refractivity contribution in [2.75, 3.05) is 0 Å². The van der Waals surface area contributed by atoms with Crippen molar-refractivity contribution in [2.24, 2.45) is 0 Å². The summed E-state index contributed by atoms with van der Waals surface area (Å²) in [6, 6.07) is 16.4. The van der Waals surface area contributed by atoms with Gasteiger partial charge in [0.25, 0.3) is 0 Å². The fourth-order valence-corrected chi connectivity index (χ4v) is 1.57. The average molecular weight is 256 g/mol. The quantitative estimate of drug-likeness (QED) is 0.774. The van der Waals surface area contributed by atoms with Crippen LogP contribution >= 0.6 is 0 Å². The third kappa shape index (κ3) is 3.85. The molecule has 98 valence electrons. The number of rotatable bonds is 4. The van der Waals surface area contributed by atoms with Crippen molar-refractivity contribution in [2.45, 2.75) is 20.0 Å². The van der Waals surface area contributed by atoms with E-state index < -0.39 is 0 Å². The first kappa shape index (κ1) is 13.1. The third-order valence-electron chi connectivity index (χ3n) is 2.41. The Labute approximate surface area is 112 Å². The SMILES string of the molecule is CC(C)OC(=O)c1ccc(Oc2ccccc2)cc1. The Morgan fingerprint density at radius 1 is 0.895 bits per heavy atom. The van der Waals surface area contributed by atoms with Crippen molar-refractivity contribution >= 4 is 5.97 Å². The fraction of sp³-hybridized carbons (Fsp3) is 0.188. The first-order chi connectivity index (χ1) is 9.15. The summed E-state index contributed by atoms with van der Waals surface area (Å²) < 4.78 is 10.8. The normalized spacial score (nSPS) is 10.3. The van der Waals surface area contributed by atoms with Gasteiger partial charge in [0.2, 0.25) is 0 Å². The van der Waals surface area contributed by atoms with Gasteiger partial charge < -0.3 is 9.47 Å². The van der Waals surface area contributed by atoms with Crippen molar-refractivity contribution in [3.8, 4) is 11.5 Å². The van der Waals surface area contributed by atoms with Crippen LogP contribution in [-0.4, -0.2) is 12.1 Å². The second-order valence-corrected chi connectivity index (χ2v) is 4.39. The van der Waals surface area contributed by atoms with Gasteiger partial charge in [0.05, 0.1) is 11.7 Å². The van der Waals surface area contributed by atoms with Gasteiger partial charge in [-0.05, 0) is 50.2 Å². The molecule has 2 aromatic carbocycles. The molecule has 0 N–H and O–H groups in total. The molecule has 2 aromatic rings. The van der Waals surface area contributed by atoms with Gasteiger partial charge in [0.15, 0.2) is 0 Å². The maximum absolute atomic E-state index is 11.7. The Hall–Kier alpha value is -2.29. The van der Waals surface area contributed by atoms with Gasteiger partial charge in [-0.3, -0.25) is 0 Å². The van der Waals surface area contributed by atoms with E-state index in [2.05, 4.69) is 0 Å². The van der Waals surface area contributed by atoms with Crippen molar-refractivity contribution in [3.05, 3.63) is 60.2 Å². The van der Waals surface area contributed by atoms with E-state index in [1.807, 2.05) is 44.2 Å². The molecule has 0 aromatic heterocycles. The highest BCUT2D eigenvalue weighted by Crippen LogP contribution is 2.21. The molecule has 0 radical (unpaired) electrons. The van der Waals surface area contributed by atoms with Gasteiger partial charge in [-0.25, -0.2) is 4.79 Å². The minimum atomic E-state index is -0.318. The zero-order valence-electron chi connectivity index (χ0n) is 11.0. The van der Waals surface area contributed by atoms with Crippen LogP contribution in [0, 0.1) is 0 Å². The standard InChI is InChI=1S/C16H16O3/c1-12(2)18-16(17)13-8-10-15(11-9-13)19-14-6-4-3-5-7-14/h3-12H,1-2H3. The minimum absolute atomic E-state index is 0.118. The lowest BCUT2D eigenvalue weighted by Crippen LogP contribution is -2.11. The van der Waals surface area contributed by atoms with Crippen LogP contribution in [0.1, 0.15) is 24.2 Å². The topological polar surface area (TPSA) is 35.5 Å². The van der Waals surface area contributed by atoms with Crippen LogP contribution in [0.2, 0.25) is 0 Å². The molecule has 3 heteroatoms. The van der Waals surface area contributed by atoms with Gasteiger partial charge in [-0.2, -0.15) is 0 Å². The zero-order chi connectivity index (χ0) is 13.7. The van der Waals surface area contributed by atoms with E-state index in [0.717, 1.165) is 5.75 Å². The first-order valence-corrected chi connectivity index (χ1v) is 6.19. The molecule has 0 heterocycles. The molecule has 0 atom stereocenters. The van der Waals surface area contributed by atoms with Gasteiger partial charge in [-0.15, -0.1) is 0 Å². The smallest absolute Gasteiger partial charge is 0.338 e. The fourth-order valence-electron chi connectivity index (χ4n) is 1.57. The Balaban J connectivity index is 2.04. The van der Waals surface area contributed by atoms with Crippen LogP contribution in [0.4, 0.5) is 0 Å². The Morgan fingerprint density at radius 2 is 1.47 bits per heavy atom. The van der Waals surface area contributed by atoms with E-state index >= 15 is 0 Å². The summed E-state index contributed by atoms with van der Waals surface area (Å²) in [6.07, 6.45) is -0.118. The lowest BCUT2D eigenvalue weighted by molar-refractivity contribution is 0.0378. The molecule has 0 bridgehead atoms. The summed E-state index contributed by atoms with van der Waals surface area (Å²) in [5.74, 6) is 1.13. The number of carbonyl (C=O) groups excluding carboxylic acids is 1. The largest absolute Gasteiger partial charge is 0.459 e. The van der Waals surface area contributed by atoms with Crippen LogP contribution in [-0.2, 0) is 4.74 Å². The second kappa shape index (κ2) is 6.05. The number of hydrogen-bond donors (Lipinski definition) is 0. The molecular weight excluding hydrogens is 240 g/mol. The summed E-state index contributed by atoms with van der Waals surface area (Å²) in [4.78, 5) is 11.7. The van der Waals surface area contributed by atoms with Crippen LogP contribution in [0.3, 0.4) is 0 Å². The van der Waals surface area contributed by atoms with E-state index in [0.29, 0.717) is 11.3 Å². The molecule has 0 aliphatic carbocycles. The number of ether oxygens (including phenoxy) is 2. The van der Waals surface area contributed by atoms with Gasteiger partial charge in [-0.1, -0.05) is 18.2 Å². The number of carbonyl (C=O) groups is 1. The molecule has 0 spiro atoms. The average Bonchev–Trinajstić information content (AvgIpc) is 2.40. The van der Waals surface area contributed by atoms with Crippen molar-refractivity contribution in [1.82, 2.24) is 0 Å². The molecule has 0 fully saturated rings. The van der Waals surface area contributed by atoms with Crippen molar-refractivity contribution in [3.63, 3.8) is 0 Å². The molecule has 3 nitrogen and oxygen atoms in total. The number of esters is 1. The number of hydrogen-bond acceptors (Lipinski definition) is 3. The Morgan fingerprint density at radius 3 is 2.05 bits per heavy atom. The van der Waals surface area contributed by atoms with Crippen molar-refractivity contribution < 1.29 is 14.3 Å². The molecule has 0 unspecified atom stereocenters. The summed E-state index contributed by atoms with van der Waals surface area (Å²) in [5.41, 5.74) is 0.522. The highest BCUT2D eigenvalue weighted by molar-refractivity contribution is 5.89. The Bertz CT molecular complexity index is 530. The van der Waals surface area contributed by atoms with Crippen LogP contribution in [0.5, 0.6) is 11.5 Å². The number of para-hydroxylation sites is 1. The summed E-state index contributed by atoms with van der Waals surface area (Å²) in [6.45, 7) is 3.65. The summed E-state index contributed by atoms with van der Waals surface area (Å²) in [7, 11) is 0. The van der Waals surface area contributed by atoms with Crippen LogP contribution < -0.4 is 4.74 Å². The monoisotopic (exact) mass is 256 g/mol. The lowest BCUT2D eigenvalue weighted by Gasteiger charge is -2.09. The molecule has 0 aliphatic rings. The minimum Gasteiger partial charge on any atom is -0.459 e. The predicted molar refractivity (Wildman–Crippen MR) is 73.5 cm³/mol. The highest BCUT2D eigenvalue weighted by atomic mass is 16.5. The third-order valence-corrected chi connectivity index (χ3v) is 2.41. The lowest BCUT2D eigenvalue weighted by atomic mass is 10.2. The van der Waals surface area contributed by atoms with Crippen molar-refractivity contribution in [1.29, 1.82) is 0 Å².